The van der Waals surface area contributed by atoms with Gasteiger partial charge in [0, 0.05) is 12.2 Å². The van der Waals surface area contributed by atoms with Crippen molar-refractivity contribution >= 4 is 23.5 Å². The highest BCUT2D eigenvalue weighted by atomic mass is 32.2. The Hall–Kier alpha value is -2.26. The Labute approximate surface area is 158 Å². The average Bonchev–Trinajstić information content (AvgIpc) is 2.80. The van der Waals surface area contributed by atoms with Gasteiger partial charge in [-0.3, -0.25) is 4.79 Å². The molecular weight excluding hydrogens is 349 g/mol. The van der Waals surface area contributed by atoms with Crippen LogP contribution in [-0.4, -0.2) is 22.0 Å². The molecule has 0 aliphatic heterocycles. The van der Waals surface area contributed by atoms with Crippen LogP contribution in [0.1, 0.15) is 36.2 Å². The quantitative estimate of drug-likeness (QED) is 0.778. The standard InChI is InChI=1S/C20H24FN3OS/c1-13(2)11-26-12-19(25)23-20-18(9-22)14(3)15(4)24(20)10-16-5-7-17(21)8-6-16/h5-8,13H,10-12H2,1-4H3,(H,23,25). The number of rotatable bonds is 7. The van der Waals surface area contributed by atoms with E-state index in [4.69, 9.17) is 0 Å². The molecule has 4 nitrogen and oxygen atoms in total. The summed E-state index contributed by atoms with van der Waals surface area (Å²) in [6.07, 6.45) is 0. The third-order valence-electron chi connectivity index (χ3n) is 4.14. The highest BCUT2D eigenvalue weighted by Crippen LogP contribution is 2.27. The van der Waals surface area contributed by atoms with Crippen LogP contribution < -0.4 is 5.32 Å². The van der Waals surface area contributed by atoms with E-state index in [1.165, 1.54) is 12.1 Å². The minimum atomic E-state index is -0.289. The van der Waals surface area contributed by atoms with Gasteiger partial charge >= 0.3 is 0 Å². The fourth-order valence-electron chi connectivity index (χ4n) is 2.66. The number of benzene rings is 1. The second kappa shape index (κ2) is 8.91. The predicted molar refractivity (Wildman–Crippen MR) is 105 cm³/mol. The van der Waals surface area contributed by atoms with Crippen LogP contribution in [0.5, 0.6) is 0 Å². The molecule has 1 N–H and O–H groups in total. The Balaban J connectivity index is 2.26. The molecule has 6 heteroatoms. The SMILES string of the molecule is Cc1c(C#N)c(NC(=O)CSCC(C)C)n(Cc2ccc(F)cc2)c1C. The molecule has 0 bridgehead atoms. The van der Waals surface area contributed by atoms with E-state index in [1.807, 2.05) is 18.4 Å². The van der Waals surface area contributed by atoms with Crippen LogP contribution in [0.4, 0.5) is 10.2 Å². The number of halogens is 1. The maximum Gasteiger partial charge on any atom is 0.235 e. The molecule has 0 radical (unpaired) electrons. The van der Waals surface area contributed by atoms with Gasteiger partial charge in [0.1, 0.15) is 17.7 Å². The zero-order valence-electron chi connectivity index (χ0n) is 15.6. The van der Waals surface area contributed by atoms with Gasteiger partial charge < -0.3 is 9.88 Å². The highest BCUT2D eigenvalue weighted by molar-refractivity contribution is 7.99. The number of carbonyl (C=O) groups excluding carboxylic acids is 1. The molecule has 0 spiro atoms. The molecule has 0 saturated heterocycles. The number of nitriles is 1. The van der Waals surface area contributed by atoms with Crippen molar-refractivity contribution in [3.63, 3.8) is 0 Å². The monoisotopic (exact) mass is 373 g/mol. The third-order valence-corrected chi connectivity index (χ3v) is 5.51. The molecule has 0 aliphatic carbocycles. The first-order valence-corrected chi connectivity index (χ1v) is 9.70. The zero-order chi connectivity index (χ0) is 19.3. The molecule has 0 saturated carbocycles. The zero-order valence-corrected chi connectivity index (χ0v) is 16.4. The second-order valence-corrected chi connectivity index (χ2v) is 7.75. The molecule has 0 aliphatic rings. The molecule has 26 heavy (non-hydrogen) atoms. The molecule has 1 amide bonds. The third kappa shape index (κ3) is 4.89. The summed E-state index contributed by atoms with van der Waals surface area (Å²) >= 11 is 1.58. The summed E-state index contributed by atoms with van der Waals surface area (Å²) in [5, 5.41) is 12.4. The molecule has 2 aromatic rings. The van der Waals surface area contributed by atoms with Gasteiger partial charge in [0.25, 0.3) is 0 Å². The van der Waals surface area contributed by atoms with Crippen molar-refractivity contribution in [2.24, 2.45) is 5.92 Å². The summed E-state index contributed by atoms with van der Waals surface area (Å²) in [7, 11) is 0. The van der Waals surface area contributed by atoms with Crippen LogP contribution >= 0.6 is 11.8 Å². The highest BCUT2D eigenvalue weighted by Gasteiger charge is 2.19. The Morgan fingerprint density at radius 2 is 1.96 bits per heavy atom. The van der Waals surface area contributed by atoms with Crippen LogP contribution in [0, 0.1) is 36.9 Å². The van der Waals surface area contributed by atoms with Crippen LogP contribution in [0.15, 0.2) is 24.3 Å². The predicted octanol–water partition coefficient (Wildman–Crippen LogP) is 4.49. The summed E-state index contributed by atoms with van der Waals surface area (Å²) in [6.45, 7) is 8.48. The molecular formula is C20H24FN3OS. The number of anilines is 1. The van der Waals surface area contributed by atoms with Crippen LogP contribution in [0.3, 0.4) is 0 Å². The van der Waals surface area contributed by atoms with Gasteiger partial charge in [-0.2, -0.15) is 17.0 Å². The second-order valence-electron chi connectivity index (χ2n) is 6.72. The normalized spacial score (nSPS) is 10.8. The summed E-state index contributed by atoms with van der Waals surface area (Å²) in [5.74, 6) is 1.89. The smallest absolute Gasteiger partial charge is 0.235 e. The van der Waals surface area contributed by atoms with E-state index in [0.29, 0.717) is 29.6 Å². The molecule has 1 aromatic carbocycles. The van der Waals surface area contributed by atoms with E-state index in [0.717, 1.165) is 22.6 Å². The van der Waals surface area contributed by atoms with Crippen LogP contribution in [-0.2, 0) is 11.3 Å². The van der Waals surface area contributed by atoms with E-state index >= 15 is 0 Å². The summed E-state index contributed by atoms with van der Waals surface area (Å²) < 4.78 is 15.1. The maximum absolute atomic E-state index is 13.1. The van der Waals surface area contributed by atoms with E-state index < -0.39 is 0 Å². The van der Waals surface area contributed by atoms with Crippen LogP contribution in [0.2, 0.25) is 0 Å². The number of hydrogen-bond acceptors (Lipinski definition) is 3. The number of nitrogens with one attached hydrogen (secondary N) is 1. The van der Waals surface area contributed by atoms with E-state index in [2.05, 4.69) is 25.2 Å². The first-order chi connectivity index (χ1) is 12.3. The molecule has 0 unspecified atom stereocenters. The number of nitrogens with zero attached hydrogens (tertiary/aromatic N) is 2. The van der Waals surface area contributed by atoms with Crippen molar-refractivity contribution < 1.29 is 9.18 Å². The van der Waals surface area contributed by atoms with Gasteiger partial charge in [0.15, 0.2) is 0 Å². The van der Waals surface area contributed by atoms with Gasteiger partial charge in [-0.1, -0.05) is 26.0 Å². The lowest BCUT2D eigenvalue weighted by molar-refractivity contribution is -0.113. The fraction of sp³-hybridized carbons (Fsp3) is 0.400. The van der Waals surface area contributed by atoms with Gasteiger partial charge in [0.05, 0.1) is 11.3 Å². The number of aromatic nitrogens is 1. The maximum atomic E-state index is 13.1. The Bertz CT molecular complexity index is 819. The topological polar surface area (TPSA) is 57.8 Å². The van der Waals surface area contributed by atoms with Crippen LogP contribution in [0.25, 0.3) is 0 Å². The largest absolute Gasteiger partial charge is 0.326 e. The summed E-state index contributed by atoms with van der Waals surface area (Å²) in [5.41, 5.74) is 3.14. The lowest BCUT2D eigenvalue weighted by Crippen LogP contribution is -2.19. The molecule has 2 rings (SSSR count). The lowest BCUT2D eigenvalue weighted by Gasteiger charge is -2.13. The van der Waals surface area contributed by atoms with Gasteiger partial charge in [0.2, 0.25) is 5.91 Å². The van der Waals surface area contributed by atoms with Gasteiger partial charge in [-0.25, -0.2) is 4.39 Å². The minimum absolute atomic E-state index is 0.120. The van der Waals surface area contributed by atoms with Gasteiger partial charge in [-0.15, -0.1) is 0 Å². The Kier molecular flexibility index (Phi) is 6.87. The number of thioether (sulfide) groups is 1. The number of amides is 1. The molecule has 0 atom stereocenters. The minimum Gasteiger partial charge on any atom is -0.326 e. The van der Waals surface area contributed by atoms with Crippen molar-refractivity contribution in [2.75, 3.05) is 16.8 Å². The van der Waals surface area contributed by atoms with Crippen molar-refractivity contribution in [2.45, 2.75) is 34.2 Å². The molecule has 138 valence electrons. The molecule has 1 aromatic heterocycles. The van der Waals surface area contributed by atoms with Crippen molar-refractivity contribution in [1.29, 1.82) is 5.26 Å². The van der Waals surface area contributed by atoms with E-state index in [-0.39, 0.29) is 11.7 Å². The number of hydrogen-bond donors (Lipinski definition) is 1. The first kappa shape index (κ1) is 20.1. The summed E-state index contributed by atoms with van der Waals surface area (Å²) in [6, 6.07) is 8.43. The molecule has 1 heterocycles. The van der Waals surface area contributed by atoms with Crippen molar-refractivity contribution in [3.8, 4) is 6.07 Å². The summed E-state index contributed by atoms with van der Waals surface area (Å²) in [4.78, 5) is 12.3. The van der Waals surface area contributed by atoms with Gasteiger partial charge in [-0.05, 0) is 48.8 Å². The van der Waals surface area contributed by atoms with E-state index in [9.17, 15) is 14.4 Å². The van der Waals surface area contributed by atoms with E-state index in [1.54, 1.807) is 23.9 Å². The Morgan fingerprint density at radius 1 is 1.31 bits per heavy atom. The van der Waals surface area contributed by atoms with Crippen molar-refractivity contribution in [3.05, 3.63) is 52.5 Å². The van der Waals surface area contributed by atoms with Crippen molar-refractivity contribution in [1.82, 2.24) is 4.57 Å². The lowest BCUT2D eigenvalue weighted by atomic mass is 10.2. The Morgan fingerprint density at radius 3 is 2.54 bits per heavy atom. The fourth-order valence-corrected chi connectivity index (χ4v) is 3.50. The average molecular weight is 373 g/mol. The number of carbonyl (C=O) groups is 1. The first-order valence-electron chi connectivity index (χ1n) is 8.55. The molecule has 0 fully saturated rings.